The molecule has 18 heavy (non-hydrogen) atoms. The lowest BCUT2D eigenvalue weighted by atomic mass is 10.0. The second-order valence-electron chi connectivity index (χ2n) is 4.89. The van der Waals surface area contributed by atoms with Gasteiger partial charge in [-0.1, -0.05) is 11.6 Å². The molecule has 0 spiro atoms. The number of hydrogen-bond acceptors (Lipinski definition) is 3. The number of nitrogens with one attached hydrogen (secondary N) is 1. The van der Waals surface area contributed by atoms with Gasteiger partial charge in [-0.25, -0.2) is 0 Å². The summed E-state index contributed by atoms with van der Waals surface area (Å²) in [5.74, 6) is 0. The third-order valence-corrected chi connectivity index (χ3v) is 3.70. The molecular formula is C14H21ClN2O. The lowest BCUT2D eigenvalue weighted by molar-refractivity contribution is 0.278. The average Bonchev–Trinajstić information content (AvgIpc) is 2.36. The highest BCUT2D eigenvalue weighted by atomic mass is 35.5. The standard InChI is InChI=1S/C14H21ClN2O/c1-11-9-12(15)4-5-14(11)17-7-2-3-13(10-17)16-6-8-18/h4-5,9,13,16,18H,2-3,6-8,10H2,1H3. The summed E-state index contributed by atoms with van der Waals surface area (Å²) in [4.78, 5) is 2.41. The van der Waals surface area contributed by atoms with Crippen molar-refractivity contribution in [3.8, 4) is 0 Å². The van der Waals surface area contributed by atoms with E-state index in [1.807, 2.05) is 12.1 Å². The van der Waals surface area contributed by atoms with E-state index in [0.717, 1.165) is 18.1 Å². The van der Waals surface area contributed by atoms with Crippen LogP contribution in [0.4, 0.5) is 5.69 Å². The van der Waals surface area contributed by atoms with Gasteiger partial charge in [0, 0.05) is 36.4 Å². The van der Waals surface area contributed by atoms with E-state index in [4.69, 9.17) is 16.7 Å². The zero-order valence-corrected chi connectivity index (χ0v) is 11.6. The van der Waals surface area contributed by atoms with Gasteiger partial charge < -0.3 is 15.3 Å². The summed E-state index contributed by atoms with van der Waals surface area (Å²) >= 11 is 5.99. The van der Waals surface area contributed by atoms with Crippen molar-refractivity contribution in [1.29, 1.82) is 0 Å². The molecule has 1 aromatic carbocycles. The van der Waals surface area contributed by atoms with Crippen LogP contribution in [0.2, 0.25) is 5.02 Å². The Hall–Kier alpha value is -0.770. The van der Waals surface area contributed by atoms with Crippen molar-refractivity contribution >= 4 is 17.3 Å². The first-order valence-corrected chi connectivity index (χ1v) is 6.94. The molecule has 4 heteroatoms. The molecule has 1 aliphatic heterocycles. The summed E-state index contributed by atoms with van der Waals surface area (Å²) in [5, 5.41) is 13.0. The van der Waals surface area contributed by atoms with E-state index in [1.165, 1.54) is 24.1 Å². The Balaban J connectivity index is 2.03. The van der Waals surface area contributed by atoms with Gasteiger partial charge in [0.25, 0.3) is 0 Å². The van der Waals surface area contributed by atoms with E-state index in [1.54, 1.807) is 0 Å². The van der Waals surface area contributed by atoms with Crippen molar-refractivity contribution in [1.82, 2.24) is 5.32 Å². The van der Waals surface area contributed by atoms with Gasteiger partial charge in [0.05, 0.1) is 6.61 Å². The number of halogens is 1. The third kappa shape index (κ3) is 3.37. The number of benzene rings is 1. The highest BCUT2D eigenvalue weighted by molar-refractivity contribution is 6.30. The Morgan fingerprint density at radius 3 is 3.06 bits per heavy atom. The molecule has 1 fully saturated rings. The maximum absolute atomic E-state index is 8.86. The molecule has 2 rings (SSSR count). The Labute approximate surface area is 114 Å². The number of rotatable bonds is 4. The van der Waals surface area contributed by atoms with Crippen LogP contribution in [0.25, 0.3) is 0 Å². The molecule has 2 N–H and O–H groups in total. The lowest BCUT2D eigenvalue weighted by Gasteiger charge is -2.35. The largest absolute Gasteiger partial charge is 0.395 e. The van der Waals surface area contributed by atoms with Crippen LogP contribution in [0, 0.1) is 6.92 Å². The van der Waals surface area contributed by atoms with Crippen LogP contribution < -0.4 is 10.2 Å². The van der Waals surface area contributed by atoms with Crippen LogP contribution in [0.5, 0.6) is 0 Å². The smallest absolute Gasteiger partial charge is 0.0556 e. The fourth-order valence-corrected chi connectivity index (χ4v) is 2.83. The molecule has 0 aromatic heterocycles. The SMILES string of the molecule is Cc1cc(Cl)ccc1N1CCCC(NCCO)C1. The second-order valence-corrected chi connectivity index (χ2v) is 5.33. The van der Waals surface area contributed by atoms with Gasteiger partial charge in [-0.05, 0) is 43.5 Å². The second kappa shape index (κ2) is 6.41. The summed E-state index contributed by atoms with van der Waals surface area (Å²) in [6, 6.07) is 6.54. The van der Waals surface area contributed by atoms with Gasteiger partial charge in [-0.2, -0.15) is 0 Å². The molecule has 0 radical (unpaired) electrons. The highest BCUT2D eigenvalue weighted by Gasteiger charge is 2.20. The summed E-state index contributed by atoms with van der Waals surface area (Å²) < 4.78 is 0. The fourth-order valence-electron chi connectivity index (χ4n) is 2.60. The maximum atomic E-state index is 8.86. The molecule has 0 bridgehead atoms. The minimum absolute atomic E-state index is 0.205. The number of hydrogen-bond donors (Lipinski definition) is 2. The van der Waals surface area contributed by atoms with Gasteiger partial charge >= 0.3 is 0 Å². The van der Waals surface area contributed by atoms with Crippen molar-refractivity contribution in [2.75, 3.05) is 31.1 Å². The van der Waals surface area contributed by atoms with Gasteiger partial charge in [0.1, 0.15) is 0 Å². The van der Waals surface area contributed by atoms with Crippen molar-refractivity contribution in [3.63, 3.8) is 0 Å². The van der Waals surface area contributed by atoms with Crippen molar-refractivity contribution in [2.45, 2.75) is 25.8 Å². The first-order valence-electron chi connectivity index (χ1n) is 6.56. The zero-order valence-electron chi connectivity index (χ0n) is 10.8. The lowest BCUT2D eigenvalue weighted by Crippen LogP contribution is -2.46. The van der Waals surface area contributed by atoms with Crippen LogP contribution >= 0.6 is 11.6 Å². The van der Waals surface area contributed by atoms with E-state index in [0.29, 0.717) is 12.6 Å². The first kappa shape index (κ1) is 13.7. The van der Waals surface area contributed by atoms with E-state index >= 15 is 0 Å². The molecule has 1 atom stereocenters. The molecule has 1 saturated heterocycles. The van der Waals surface area contributed by atoms with E-state index in [9.17, 15) is 0 Å². The molecule has 1 aromatic rings. The molecule has 0 aliphatic carbocycles. The Bertz CT molecular complexity index is 397. The minimum atomic E-state index is 0.205. The molecule has 100 valence electrons. The van der Waals surface area contributed by atoms with Crippen molar-refractivity contribution < 1.29 is 5.11 Å². The summed E-state index contributed by atoms with van der Waals surface area (Å²) in [5.41, 5.74) is 2.50. The van der Waals surface area contributed by atoms with Gasteiger partial charge in [0.2, 0.25) is 0 Å². The van der Waals surface area contributed by atoms with Crippen molar-refractivity contribution in [3.05, 3.63) is 28.8 Å². The predicted molar refractivity (Wildman–Crippen MR) is 76.5 cm³/mol. The number of aliphatic hydroxyl groups is 1. The Morgan fingerprint density at radius 1 is 1.50 bits per heavy atom. The van der Waals surface area contributed by atoms with E-state index in [-0.39, 0.29) is 6.61 Å². The summed E-state index contributed by atoms with van der Waals surface area (Å²) in [7, 11) is 0. The van der Waals surface area contributed by atoms with E-state index in [2.05, 4.69) is 23.2 Å². The molecule has 1 unspecified atom stereocenters. The number of aliphatic hydroxyl groups excluding tert-OH is 1. The van der Waals surface area contributed by atoms with Crippen LogP contribution in [0.1, 0.15) is 18.4 Å². The fraction of sp³-hybridized carbons (Fsp3) is 0.571. The first-order chi connectivity index (χ1) is 8.70. The highest BCUT2D eigenvalue weighted by Crippen LogP contribution is 2.26. The molecular weight excluding hydrogens is 248 g/mol. The van der Waals surface area contributed by atoms with Crippen LogP contribution in [-0.2, 0) is 0 Å². The summed E-state index contributed by atoms with van der Waals surface area (Å²) in [6.07, 6.45) is 2.37. The van der Waals surface area contributed by atoms with Gasteiger partial charge in [0.15, 0.2) is 0 Å². The van der Waals surface area contributed by atoms with Crippen molar-refractivity contribution in [2.24, 2.45) is 0 Å². The van der Waals surface area contributed by atoms with E-state index < -0.39 is 0 Å². The number of nitrogens with zero attached hydrogens (tertiary/aromatic N) is 1. The average molecular weight is 269 g/mol. The normalized spacial score (nSPS) is 20.2. The third-order valence-electron chi connectivity index (χ3n) is 3.47. The molecule has 3 nitrogen and oxygen atoms in total. The van der Waals surface area contributed by atoms with Crippen LogP contribution in [-0.4, -0.2) is 37.4 Å². The minimum Gasteiger partial charge on any atom is -0.395 e. The number of piperidine rings is 1. The van der Waals surface area contributed by atoms with Crippen LogP contribution in [0.3, 0.4) is 0 Å². The predicted octanol–water partition coefficient (Wildman–Crippen LogP) is 2.20. The number of aryl methyl sites for hydroxylation is 1. The van der Waals surface area contributed by atoms with Crippen LogP contribution in [0.15, 0.2) is 18.2 Å². The molecule has 1 aliphatic rings. The quantitative estimate of drug-likeness (QED) is 0.879. The maximum Gasteiger partial charge on any atom is 0.0556 e. The zero-order chi connectivity index (χ0) is 13.0. The Kier molecular flexibility index (Phi) is 4.87. The molecule has 0 amide bonds. The van der Waals surface area contributed by atoms with Gasteiger partial charge in [-0.15, -0.1) is 0 Å². The van der Waals surface area contributed by atoms with Gasteiger partial charge in [-0.3, -0.25) is 0 Å². The summed E-state index contributed by atoms with van der Waals surface area (Å²) in [6.45, 7) is 5.09. The molecule has 1 heterocycles. The Morgan fingerprint density at radius 2 is 2.33 bits per heavy atom. The molecule has 0 saturated carbocycles. The topological polar surface area (TPSA) is 35.5 Å². The number of anilines is 1. The monoisotopic (exact) mass is 268 g/mol.